The van der Waals surface area contributed by atoms with Crippen molar-refractivity contribution in [1.82, 2.24) is 14.8 Å². The molecule has 0 aliphatic carbocycles. The SMILES string of the molecule is CCCOc1cccc(-c2csc(Cn3cc(C(=O)OCC)cn3)n2)c1. The van der Waals surface area contributed by atoms with Crippen molar-refractivity contribution in [3.63, 3.8) is 0 Å². The number of aromatic nitrogens is 3. The third-order valence-electron chi connectivity index (χ3n) is 3.60. The van der Waals surface area contributed by atoms with Crippen LogP contribution < -0.4 is 4.74 Å². The average Bonchev–Trinajstić information content (AvgIpc) is 3.31. The van der Waals surface area contributed by atoms with Crippen LogP contribution in [0.2, 0.25) is 0 Å². The van der Waals surface area contributed by atoms with Gasteiger partial charge in [0.25, 0.3) is 0 Å². The fourth-order valence-corrected chi connectivity index (χ4v) is 3.18. The number of hydrogen-bond acceptors (Lipinski definition) is 6. The fraction of sp³-hybridized carbons (Fsp3) is 0.316. The molecule has 136 valence electrons. The van der Waals surface area contributed by atoms with Crippen LogP contribution in [0.5, 0.6) is 5.75 Å². The van der Waals surface area contributed by atoms with E-state index in [1.165, 1.54) is 6.20 Å². The van der Waals surface area contributed by atoms with Crippen LogP contribution in [0.3, 0.4) is 0 Å². The van der Waals surface area contributed by atoms with E-state index in [1.54, 1.807) is 29.1 Å². The Morgan fingerprint density at radius 1 is 1.31 bits per heavy atom. The van der Waals surface area contributed by atoms with E-state index < -0.39 is 0 Å². The summed E-state index contributed by atoms with van der Waals surface area (Å²) in [5.74, 6) is 0.493. The molecule has 26 heavy (non-hydrogen) atoms. The second-order valence-corrected chi connectivity index (χ2v) is 6.59. The van der Waals surface area contributed by atoms with E-state index in [2.05, 4.69) is 17.0 Å². The molecule has 0 unspecified atom stereocenters. The first-order chi connectivity index (χ1) is 12.7. The Labute approximate surface area is 156 Å². The Kier molecular flexibility index (Phi) is 6.01. The van der Waals surface area contributed by atoms with Gasteiger partial charge in [-0.25, -0.2) is 9.78 Å². The van der Waals surface area contributed by atoms with Crippen LogP contribution >= 0.6 is 11.3 Å². The summed E-state index contributed by atoms with van der Waals surface area (Å²) in [6.45, 7) is 5.42. The Hall–Kier alpha value is -2.67. The number of ether oxygens (including phenoxy) is 2. The Balaban J connectivity index is 1.69. The van der Waals surface area contributed by atoms with Gasteiger partial charge in [0.15, 0.2) is 0 Å². The molecule has 0 fully saturated rings. The summed E-state index contributed by atoms with van der Waals surface area (Å²) in [7, 11) is 0. The van der Waals surface area contributed by atoms with Crippen molar-refractivity contribution in [2.24, 2.45) is 0 Å². The number of rotatable bonds is 8. The molecule has 0 aliphatic heterocycles. The maximum atomic E-state index is 11.7. The summed E-state index contributed by atoms with van der Waals surface area (Å²) in [4.78, 5) is 16.4. The summed E-state index contributed by atoms with van der Waals surface area (Å²) in [6, 6.07) is 7.94. The van der Waals surface area contributed by atoms with Gasteiger partial charge >= 0.3 is 5.97 Å². The number of thiazole rings is 1. The van der Waals surface area contributed by atoms with E-state index in [0.29, 0.717) is 25.3 Å². The van der Waals surface area contributed by atoms with Crippen molar-refractivity contribution in [3.05, 3.63) is 52.6 Å². The molecular weight excluding hydrogens is 350 g/mol. The van der Waals surface area contributed by atoms with Crippen LogP contribution in [0.1, 0.15) is 35.6 Å². The molecular formula is C19H21N3O3S. The number of hydrogen-bond donors (Lipinski definition) is 0. The Bertz CT molecular complexity index is 872. The van der Waals surface area contributed by atoms with Crippen molar-refractivity contribution in [2.45, 2.75) is 26.8 Å². The molecule has 1 aromatic carbocycles. The van der Waals surface area contributed by atoms with Crippen molar-refractivity contribution < 1.29 is 14.3 Å². The van der Waals surface area contributed by atoms with E-state index in [9.17, 15) is 4.79 Å². The highest BCUT2D eigenvalue weighted by Gasteiger charge is 2.11. The summed E-state index contributed by atoms with van der Waals surface area (Å²) in [6.07, 6.45) is 4.17. The maximum Gasteiger partial charge on any atom is 0.341 e. The summed E-state index contributed by atoms with van der Waals surface area (Å²) in [5.41, 5.74) is 2.38. The third kappa shape index (κ3) is 4.49. The molecule has 2 aromatic heterocycles. The van der Waals surface area contributed by atoms with Gasteiger partial charge in [-0.1, -0.05) is 19.1 Å². The molecule has 3 rings (SSSR count). The molecule has 7 heteroatoms. The lowest BCUT2D eigenvalue weighted by Crippen LogP contribution is -2.04. The zero-order valence-corrected chi connectivity index (χ0v) is 15.7. The van der Waals surface area contributed by atoms with Gasteiger partial charge in [-0.3, -0.25) is 4.68 Å². The first kappa shape index (κ1) is 18.1. The van der Waals surface area contributed by atoms with Crippen LogP contribution in [-0.4, -0.2) is 33.9 Å². The number of carbonyl (C=O) groups excluding carboxylic acids is 1. The van der Waals surface area contributed by atoms with E-state index in [4.69, 9.17) is 9.47 Å². The molecule has 0 aliphatic rings. The topological polar surface area (TPSA) is 66.2 Å². The molecule has 0 N–H and O–H groups in total. The highest BCUT2D eigenvalue weighted by atomic mass is 32.1. The minimum atomic E-state index is -0.359. The quantitative estimate of drug-likeness (QED) is 0.560. The van der Waals surface area contributed by atoms with E-state index >= 15 is 0 Å². The number of esters is 1. The van der Waals surface area contributed by atoms with Crippen molar-refractivity contribution >= 4 is 17.3 Å². The largest absolute Gasteiger partial charge is 0.494 e. The maximum absolute atomic E-state index is 11.7. The molecule has 6 nitrogen and oxygen atoms in total. The molecule has 2 heterocycles. The van der Waals surface area contributed by atoms with Gasteiger partial charge in [-0.2, -0.15) is 5.10 Å². The lowest BCUT2D eigenvalue weighted by molar-refractivity contribution is 0.0526. The van der Waals surface area contributed by atoms with Crippen LogP contribution in [0.4, 0.5) is 0 Å². The van der Waals surface area contributed by atoms with E-state index in [-0.39, 0.29) is 5.97 Å². The smallest absolute Gasteiger partial charge is 0.341 e. The summed E-state index contributed by atoms with van der Waals surface area (Å²) < 4.78 is 12.3. The van der Waals surface area contributed by atoms with Crippen molar-refractivity contribution in [2.75, 3.05) is 13.2 Å². The first-order valence-electron chi connectivity index (χ1n) is 8.56. The molecule has 0 amide bonds. The molecule has 0 saturated carbocycles. The molecule has 0 radical (unpaired) electrons. The van der Waals surface area contributed by atoms with E-state index in [1.807, 2.05) is 29.6 Å². The summed E-state index contributed by atoms with van der Waals surface area (Å²) >= 11 is 1.56. The second-order valence-electron chi connectivity index (χ2n) is 5.65. The van der Waals surface area contributed by atoms with Crippen LogP contribution in [-0.2, 0) is 11.3 Å². The van der Waals surface area contributed by atoms with Gasteiger partial charge in [-0.05, 0) is 25.5 Å². The minimum absolute atomic E-state index is 0.348. The average molecular weight is 371 g/mol. The molecule has 0 saturated heterocycles. The van der Waals surface area contributed by atoms with E-state index in [0.717, 1.165) is 28.4 Å². The zero-order chi connectivity index (χ0) is 18.4. The number of benzene rings is 1. The highest BCUT2D eigenvalue weighted by Crippen LogP contribution is 2.26. The Morgan fingerprint density at radius 3 is 3.00 bits per heavy atom. The second kappa shape index (κ2) is 8.62. The van der Waals surface area contributed by atoms with Crippen molar-refractivity contribution in [3.8, 4) is 17.0 Å². The monoisotopic (exact) mass is 371 g/mol. The third-order valence-corrected chi connectivity index (χ3v) is 4.43. The standard InChI is InChI=1S/C19H21N3O3S/c1-3-8-25-16-7-5-6-14(9-16)17-13-26-18(21-17)12-22-11-15(10-20-22)19(23)24-4-2/h5-7,9-11,13H,3-4,8,12H2,1-2H3. The van der Waals surface area contributed by atoms with Crippen LogP contribution in [0.15, 0.2) is 42.0 Å². The lowest BCUT2D eigenvalue weighted by atomic mass is 10.2. The van der Waals surface area contributed by atoms with Crippen LogP contribution in [0, 0.1) is 0 Å². The zero-order valence-electron chi connectivity index (χ0n) is 14.8. The number of nitrogens with zero attached hydrogens (tertiary/aromatic N) is 3. The summed E-state index contributed by atoms with van der Waals surface area (Å²) in [5, 5.41) is 7.14. The van der Waals surface area contributed by atoms with Crippen LogP contribution in [0.25, 0.3) is 11.3 Å². The normalized spacial score (nSPS) is 10.7. The first-order valence-corrected chi connectivity index (χ1v) is 9.44. The predicted molar refractivity (Wildman–Crippen MR) is 101 cm³/mol. The fourth-order valence-electron chi connectivity index (χ4n) is 2.39. The van der Waals surface area contributed by atoms with Gasteiger partial charge in [-0.15, -0.1) is 11.3 Å². The van der Waals surface area contributed by atoms with Crippen molar-refractivity contribution in [1.29, 1.82) is 0 Å². The predicted octanol–water partition coefficient (Wildman–Crippen LogP) is 4.02. The number of carbonyl (C=O) groups is 1. The van der Waals surface area contributed by atoms with Gasteiger partial charge < -0.3 is 9.47 Å². The minimum Gasteiger partial charge on any atom is -0.494 e. The van der Waals surface area contributed by atoms with Gasteiger partial charge in [0.05, 0.1) is 37.2 Å². The molecule has 0 atom stereocenters. The molecule has 0 spiro atoms. The lowest BCUT2D eigenvalue weighted by Gasteiger charge is -2.05. The van der Waals surface area contributed by atoms with Gasteiger partial charge in [0, 0.05) is 17.1 Å². The molecule has 3 aromatic rings. The van der Waals surface area contributed by atoms with Gasteiger partial charge in [0.2, 0.25) is 0 Å². The highest BCUT2D eigenvalue weighted by molar-refractivity contribution is 7.09. The Morgan fingerprint density at radius 2 is 2.19 bits per heavy atom. The molecule has 0 bridgehead atoms. The van der Waals surface area contributed by atoms with Gasteiger partial charge in [0.1, 0.15) is 10.8 Å².